The lowest BCUT2D eigenvalue weighted by Gasteiger charge is -2.41. The number of piperazine rings is 1. The zero-order chi connectivity index (χ0) is 24.9. The molecule has 4 rings (SSSR count). The zero-order valence-corrected chi connectivity index (χ0v) is 20.0. The molecule has 2 aromatic rings. The number of urea groups is 1. The lowest BCUT2D eigenvalue weighted by molar-refractivity contribution is 0.0570. The first-order valence-electron chi connectivity index (χ1n) is 12.2. The normalized spacial score (nSPS) is 20.7. The van der Waals surface area contributed by atoms with Crippen LogP contribution in [0, 0.1) is 23.4 Å². The monoisotopic (exact) mass is 490 g/mol. The molecule has 2 saturated heterocycles. The number of anilines is 1. The molecule has 0 radical (unpaired) electrons. The van der Waals surface area contributed by atoms with Gasteiger partial charge in [0.1, 0.15) is 0 Å². The summed E-state index contributed by atoms with van der Waals surface area (Å²) in [6, 6.07) is 11.8. The highest BCUT2D eigenvalue weighted by Crippen LogP contribution is 2.25. The van der Waals surface area contributed by atoms with Crippen LogP contribution in [-0.2, 0) is 6.54 Å². The van der Waals surface area contributed by atoms with Crippen molar-refractivity contribution in [2.24, 2.45) is 5.92 Å². The van der Waals surface area contributed by atoms with Crippen LogP contribution in [0.4, 0.5) is 23.7 Å². The van der Waals surface area contributed by atoms with Crippen molar-refractivity contribution in [1.82, 2.24) is 15.1 Å². The molecule has 2 aliphatic heterocycles. The van der Waals surface area contributed by atoms with Crippen LogP contribution in [0.5, 0.6) is 0 Å². The minimum absolute atomic E-state index is 0.139. The average Bonchev–Trinajstić information content (AvgIpc) is 2.86. The second-order valence-electron chi connectivity index (χ2n) is 9.56. The number of hydrogen-bond donors (Lipinski definition) is 2. The van der Waals surface area contributed by atoms with E-state index >= 15 is 0 Å². The summed E-state index contributed by atoms with van der Waals surface area (Å²) in [6.45, 7) is 5.83. The fraction of sp³-hybridized carbons (Fsp3) is 0.500. The number of rotatable bonds is 6. The molecule has 0 saturated carbocycles. The van der Waals surface area contributed by atoms with Gasteiger partial charge in [-0.1, -0.05) is 30.3 Å². The Balaban J connectivity index is 1.21. The van der Waals surface area contributed by atoms with Gasteiger partial charge in [-0.25, -0.2) is 18.0 Å². The Morgan fingerprint density at radius 1 is 1.06 bits per heavy atom. The third kappa shape index (κ3) is 6.27. The van der Waals surface area contributed by atoms with Crippen LogP contribution in [0.2, 0.25) is 0 Å². The van der Waals surface area contributed by atoms with E-state index in [1.807, 2.05) is 25.1 Å². The van der Waals surface area contributed by atoms with Crippen LogP contribution in [0.25, 0.3) is 0 Å². The standard InChI is InChI=1S/C26H33F3N4O2/c1-18-16-32(21-13-22(27)25(29)23(28)14-21)11-12-33(18)26(35)30-15-24(34)20-7-9-31(10-8-20)17-19-5-3-2-4-6-19/h2-6,13-14,18,20,24,34H,7-12,15-17H2,1H3,(H,30,35)/t18-,24+/m1/s1. The summed E-state index contributed by atoms with van der Waals surface area (Å²) >= 11 is 0. The van der Waals surface area contributed by atoms with Gasteiger partial charge in [0, 0.05) is 56.6 Å². The van der Waals surface area contributed by atoms with Crippen molar-refractivity contribution in [3.63, 3.8) is 0 Å². The molecule has 2 aliphatic rings. The highest BCUT2D eigenvalue weighted by atomic mass is 19.2. The van der Waals surface area contributed by atoms with Crippen molar-refractivity contribution in [3.05, 3.63) is 65.5 Å². The molecular formula is C26H33F3N4O2. The van der Waals surface area contributed by atoms with Crippen LogP contribution in [-0.4, -0.2) is 72.4 Å². The maximum Gasteiger partial charge on any atom is 0.317 e. The number of nitrogens with zero attached hydrogens (tertiary/aromatic N) is 3. The van der Waals surface area contributed by atoms with E-state index in [0.717, 1.165) is 44.6 Å². The third-order valence-corrected chi connectivity index (χ3v) is 7.11. The number of halogens is 3. The van der Waals surface area contributed by atoms with Gasteiger partial charge in [-0.2, -0.15) is 0 Å². The summed E-state index contributed by atoms with van der Waals surface area (Å²) in [5.74, 6) is -3.81. The van der Waals surface area contributed by atoms with Gasteiger partial charge < -0.3 is 20.2 Å². The Morgan fingerprint density at radius 2 is 1.71 bits per heavy atom. The number of carbonyl (C=O) groups excluding carboxylic acids is 1. The molecule has 35 heavy (non-hydrogen) atoms. The van der Waals surface area contributed by atoms with Gasteiger partial charge in [0.15, 0.2) is 17.5 Å². The number of aliphatic hydroxyl groups excluding tert-OH is 1. The molecule has 0 aliphatic carbocycles. The molecule has 2 fully saturated rings. The molecule has 6 nitrogen and oxygen atoms in total. The third-order valence-electron chi connectivity index (χ3n) is 7.11. The molecule has 2 N–H and O–H groups in total. The second-order valence-corrected chi connectivity index (χ2v) is 9.56. The molecule has 0 spiro atoms. The first-order valence-corrected chi connectivity index (χ1v) is 12.2. The van der Waals surface area contributed by atoms with Crippen LogP contribution in [0.1, 0.15) is 25.3 Å². The number of likely N-dealkylation sites (tertiary alicyclic amines) is 1. The predicted molar refractivity (Wildman–Crippen MR) is 129 cm³/mol. The van der Waals surface area contributed by atoms with Crippen molar-refractivity contribution in [3.8, 4) is 0 Å². The van der Waals surface area contributed by atoms with Crippen LogP contribution < -0.4 is 10.2 Å². The smallest absolute Gasteiger partial charge is 0.317 e. The Kier molecular flexibility index (Phi) is 8.18. The highest BCUT2D eigenvalue weighted by Gasteiger charge is 2.30. The van der Waals surface area contributed by atoms with Gasteiger partial charge in [0.25, 0.3) is 0 Å². The Morgan fingerprint density at radius 3 is 2.34 bits per heavy atom. The fourth-order valence-electron chi connectivity index (χ4n) is 5.02. The first-order chi connectivity index (χ1) is 16.8. The number of nitrogens with one attached hydrogen (secondary N) is 1. The number of amides is 2. The molecule has 0 bridgehead atoms. The Labute approximate surface area is 204 Å². The molecule has 2 atom stereocenters. The topological polar surface area (TPSA) is 59.1 Å². The fourth-order valence-corrected chi connectivity index (χ4v) is 5.02. The Hall–Kier alpha value is -2.78. The number of hydrogen-bond acceptors (Lipinski definition) is 4. The summed E-state index contributed by atoms with van der Waals surface area (Å²) in [6.07, 6.45) is 1.15. The minimum Gasteiger partial charge on any atom is -0.391 e. The van der Waals surface area contributed by atoms with Gasteiger partial charge in [-0.3, -0.25) is 4.90 Å². The van der Waals surface area contributed by atoms with Gasteiger partial charge in [0.2, 0.25) is 0 Å². The van der Waals surface area contributed by atoms with Crippen LogP contribution >= 0.6 is 0 Å². The van der Waals surface area contributed by atoms with Crippen molar-refractivity contribution in [2.75, 3.05) is 44.2 Å². The summed E-state index contributed by atoms with van der Waals surface area (Å²) in [7, 11) is 0. The summed E-state index contributed by atoms with van der Waals surface area (Å²) in [5.41, 5.74) is 1.53. The Bertz CT molecular complexity index is 978. The zero-order valence-electron chi connectivity index (χ0n) is 20.0. The molecule has 9 heteroatoms. The molecule has 2 aromatic carbocycles. The van der Waals surface area contributed by atoms with Gasteiger partial charge in [0.05, 0.1) is 6.10 Å². The quantitative estimate of drug-likeness (QED) is 0.608. The van der Waals surface area contributed by atoms with E-state index in [1.165, 1.54) is 5.56 Å². The minimum atomic E-state index is -1.49. The first kappa shape index (κ1) is 25.3. The van der Waals surface area contributed by atoms with Gasteiger partial charge >= 0.3 is 6.03 Å². The van der Waals surface area contributed by atoms with Gasteiger partial charge in [-0.15, -0.1) is 0 Å². The number of piperidine rings is 1. The molecule has 0 aromatic heterocycles. The van der Waals surface area contributed by atoms with E-state index < -0.39 is 23.6 Å². The van der Waals surface area contributed by atoms with Gasteiger partial charge in [-0.05, 0) is 44.3 Å². The molecular weight excluding hydrogens is 457 g/mol. The van der Waals surface area contributed by atoms with Crippen molar-refractivity contribution >= 4 is 11.7 Å². The number of aliphatic hydroxyl groups is 1. The molecule has 2 heterocycles. The van der Waals surface area contributed by atoms with E-state index in [1.54, 1.807) is 9.80 Å². The largest absolute Gasteiger partial charge is 0.391 e. The van der Waals surface area contributed by atoms with Crippen molar-refractivity contribution < 1.29 is 23.1 Å². The molecule has 2 amide bonds. The maximum absolute atomic E-state index is 13.6. The summed E-state index contributed by atoms with van der Waals surface area (Å²) in [4.78, 5) is 18.5. The number of benzene rings is 2. The van der Waals surface area contributed by atoms with E-state index in [9.17, 15) is 23.1 Å². The van der Waals surface area contributed by atoms with Crippen molar-refractivity contribution in [2.45, 2.75) is 38.5 Å². The lowest BCUT2D eigenvalue weighted by Crippen LogP contribution is -2.57. The summed E-state index contributed by atoms with van der Waals surface area (Å²) < 4.78 is 40.5. The predicted octanol–water partition coefficient (Wildman–Crippen LogP) is 3.60. The van der Waals surface area contributed by atoms with E-state index in [2.05, 4.69) is 22.3 Å². The van der Waals surface area contributed by atoms with Crippen LogP contribution in [0.3, 0.4) is 0 Å². The maximum atomic E-state index is 13.6. The highest BCUT2D eigenvalue weighted by molar-refractivity contribution is 5.75. The average molecular weight is 491 g/mol. The van der Waals surface area contributed by atoms with Crippen molar-refractivity contribution in [1.29, 1.82) is 0 Å². The molecule has 0 unspecified atom stereocenters. The molecule has 190 valence electrons. The summed E-state index contributed by atoms with van der Waals surface area (Å²) in [5, 5.41) is 13.5. The van der Waals surface area contributed by atoms with E-state index in [4.69, 9.17) is 0 Å². The lowest BCUT2D eigenvalue weighted by atomic mass is 9.91. The SMILES string of the molecule is C[C@@H]1CN(c2cc(F)c(F)c(F)c2)CCN1C(=O)NC[C@H](O)C1CCN(Cc2ccccc2)CC1. The van der Waals surface area contributed by atoms with Crippen LogP contribution in [0.15, 0.2) is 42.5 Å². The van der Waals surface area contributed by atoms with E-state index in [0.29, 0.717) is 19.6 Å². The number of carbonyl (C=O) groups is 1. The van der Waals surface area contributed by atoms with E-state index in [-0.39, 0.29) is 30.2 Å². The second kappa shape index (κ2) is 11.3.